The topological polar surface area (TPSA) is 73.3 Å². The number of nitrogens with zero attached hydrogens (tertiary/aromatic N) is 3. The van der Waals surface area contributed by atoms with E-state index in [1.165, 1.54) is 0 Å². The third-order valence-corrected chi connectivity index (χ3v) is 3.26. The van der Waals surface area contributed by atoms with Gasteiger partial charge in [-0.15, -0.1) is 10.2 Å². The number of aliphatic hydroxyl groups is 1. The van der Waals surface area contributed by atoms with Crippen LogP contribution in [0, 0.1) is 0 Å². The summed E-state index contributed by atoms with van der Waals surface area (Å²) in [6, 6.07) is 3.67. The van der Waals surface area contributed by atoms with E-state index in [-0.39, 0.29) is 6.61 Å². The molecule has 0 aliphatic rings. The molecule has 2 aromatic rings. The Morgan fingerprint density at radius 2 is 2.33 bits per heavy atom. The monoisotopic (exact) mass is 269 g/mol. The van der Waals surface area contributed by atoms with Crippen LogP contribution < -0.4 is 0 Å². The van der Waals surface area contributed by atoms with Gasteiger partial charge in [0.05, 0.1) is 26.1 Å². The van der Waals surface area contributed by atoms with Gasteiger partial charge in [0, 0.05) is 12.8 Å². The van der Waals surface area contributed by atoms with Crippen molar-refractivity contribution in [1.82, 2.24) is 14.8 Å². The highest BCUT2D eigenvalue weighted by Gasteiger charge is 2.12. The van der Waals surface area contributed by atoms with Gasteiger partial charge in [-0.3, -0.25) is 0 Å². The second kappa shape index (κ2) is 6.58. The fraction of sp³-hybridized carbons (Fsp3) is 0.455. The molecule has 7 heteroatoms. The lowest BCUT2D eigenvalue weighted by molar-refractivity contribution is 0.103. The molecule has 98 valence electrons. The van der Waals surface area contributed by atoms with E-state index in [0.29, 0.717) is 24.8 Å². The number of ether oxygens (including phenoxy) is 1. The fourth-order valence-electron chi connectivity index (χ4n) is 1.42. The largest absolute Gasteiger partial charge is 0.461 e. The van der Waals surface area contributed by atoms with E-state index in [0.717, 1.165) is 10.9 Å². The molecule has 0 bridgehead atoms. The molecule has 0 saturated heterocycles. The first kappa shape index (κ1) is 13.1. The number of thioether (sulfide) groups is 1. The van der Waals surface area contributed by atoms with Gasteiger partial charge in [0.15, 0.2) is 16.7 Å². The predicted molar refractivity (Wildman–Crippen MR) is 67.3 cm³/mol. The van der Waals surface area contributed by atoms with E-state index in [2.05, 4.69) is 10.2 Å². The summed E-state index contributed by atoms with van der Waals surface area (Å²) in [4.78, 5) is 0. The SMILES string of the molecule is Cn1c(SCCOCCO)nnc1-c1ccco1. The molecular weight excluding hydrogens is 254 g/mol. The zero-order chi connectivity index (χ0) is 12.8. The third-order valence-electron chi connectivity index (χ3n) is 2.27. The van der Waals surface area contributed by atoms with Crippen molar-refractivity contribution >= 4 is 11.8 Å². The molecular formula is C11H15N3O3S. The van der Waals surface area contributed by atoms with Crippen molar-refractivity contribution in [1.29, 1.82) is 0 Å². The van der Waals surface area contributed by atoms with Crippen LogP contribution >= 0.6 is 11.8 Å². The van der Waals surface area contributed by atoms with Crippen LogP contribution in [0.3, 0.4) is 0 Å². The maximum absolute atomic E-state index is 8.57. The summed E-state index contributed by atoms with van der Waals surface area (Å²) in [6.07, 6.45) is 1.61. The number of hydrogen-bond acceptors (Lipinski definition) is 6. The smallest absolute Gasteiger partial charge is 0.200 e. The summed E-state index contributed by atoms with van der Waals surface area (Å²) < 4.78 is 12.3. The molecule has 0 radical (unpaired) electrons. The molecule has 0 aromatic carbocycles. The van der Waals surface area contributed by atoms with Crippen LogP contribution in [0.15, 0.2) is 28.0 Å². The number of aliphatic hydroxyl groups excluding tert-OH is 1. The quantitative estimate of drug-likeness (QED) is 0.601. The lowest BCUT2D eigenvalue weighted by Crippen LogP contribution is -2.03. The molecule has 0 aliphatic heterocycles. The highest BCUT2D eigenvalue weighted by molar-refractivity contribution is 7.99. The minimum absolute atomic E-state index is 0.0528. The molecule has 18 heavy (non-hydrogen) atoms. The third kappa shape index (κ3) is 3.12. The maximum atomic E-state index is 8.57. The summed E-state index contributed by atoms with van der Waals surface area (Å²) in [5.74, 6) is 2.18. The first-order chi connectivity index (χ1) is 8.83. The number of hydrogen-bond donors (Lipinski definition) is 1. The Labute approximate surface area is 109 Å². The van der Waals surface area contributed by atoms with Gasteiger partial charge in [-0.05, 0) is 12.1 Å². The van der Waals surface area contributed by atoms with Crippen molar-refractivity contribution in [3.05, 3.63) is 18.4 Å². The van der Waals surface area contributed by atoms with Crippen LogP contribution in [0.4, 0.5) is 0 Å². The second-order valence-corrected chi connectivity index (χ2v) is 4.59. The van der Waals surface area contributed by atoms with Crippen LogP contribution in [-0.4, -0.2) is 45.4 Å². The van der Waals surface area contributed by atoms with Crippen LogP contribution in [-0.2, 0) is 11.8 Å². The van der Waals surface area contributed by atoms with E-state index in [9.17, 15) is 0 Å². The molecule has 0 aliphatic carbocycles. The Kier molecular flexibility index (Phi) is 4.80. The fourth-order valence-corrected chi connectivity index (χ4v) is 2.18. The zero-order valence-electron chi connectivity index (χ0n) is 10.1. The summed E-state index contributed by atoms with van der Waals surface area (Å²) in [6.45, 7) is 1.00. The molecule has 6 nitrogen and oxygen atoms in total. The lowest BCUT2D eigenvalue weighted by Gasteiger charge is -2.02. The van der Waals surface area contributed by atoms with Crippen LogP contribution in [0.2, 0.25) is 0 Å². The Morgan fingerprint density at radius 3 is 3.06 bits per heavy atom. The molecule has 0 atom stereocenters. The van der Waals surface area contributed by atoms with E-state index in [1.54, 1.807) is 18.0 Å². The lowest BCUT2D eigenvalue weighted by atomic mass is 10.4. The van der Waals surface area contributed by atoms with E-state index in [4.69, 9.17) is 14.3 Å². The first-order valence-corrected chi connectivity index (χ1v) is 6.56. The molecule has 0 amide bonds. The Bertz CT molecular complexity index is 470. The van der Waals surface area contributed by atoms with Crippen molar-refractivity contribution in [2.75, 3.05) is 25.6 Å². The minimum Gasteiger partial charge on any atom is -0.461 e. The second-order valence-electron chi connectivity index (χ2n) is 3.53. The summed E-state index contributed by atoms with van der Waals surface area (Å²) >= 11 is 1.56. The molecule has 1 N–H and O–H groups in total. The van der Waals surface area contributed by atoms with Crippen molar-refractivity contribution < 1.29 is 14.3 Å². The van der Waals surface area contributed by atoms with E-state index in [1.807, 2.05) is 23.7 Å². The standard InChI is InChI=1S/C11H15N3O3S/c1-14-10(9-3-2-5-17-9)12-13-11(14)18-8-7-16-6-4-15/h2-3,5,15H,4,6-8H2,1H3. The van der Waals surface area contributed by atoms with Gasteiger partial charge in [-0.1, -0.05) is 11.8 Å². The zero-order valence-corrected chi connectivity index (χ0v) is 10.9. The van der Waals surface area contributed by atoms with Gasteiger partial charge in [0.2, 0.25) is 0 Å². The number of aromatic nitrogens is 3. The molecule has 2 rings (SSSR count). The van der Waals surface area contributed by atoms with Crippen molar-refractivity contribution in [2.24, 2.45) is 7.05 Å². The van der Waals surface area contributed by atoms with Gasteiger partial charge in [-0.2, -0.15) is 0 Å². The number of furan rings is 1. The first-order valence-electron chi connectivity index (χ1n) is 5.57. The van der Waals surface area contributed by atoms with E-state index < -0.39 is 0 Å². The molecule has 0 unspecified atom stereocenters. The van der Waals surface area contributed by atoms with Gasteiger partial charge in [-0.25, -0.2) is 0 Å². The number of rotatable bonds is 7. The average molecular weight is 269 g/mol. The Hall–Kier alpha value is -1.31. The van der Waals surface area contributed by atoms with Crippen molar-refractivity contribution in [3.8, 4) is 11.6 Å². The van der Waals surface area contributed by atoms with Gasteiger partial charge < -0.3 is 18.8 Å². The minimum atomic E-state index is 0.0528. The highest BCUT2D eigenvalue weighted by atomic mass is 32.2. The molecule has 2 aromatic heterocycles. The molecule has 0 spiro atoms. The Morgan fingerprint density at radius 1 is 1.44 bits per heavy atom. The molecule has 2 heterocycles. The summed E-state index contributed by atoms with van der Waals surface area (Å²) in [7, 11) is 1.90. The average Bonchev–Trinajstić information content (AvgIpc) is 2.99. The van der Waals surface area contributed by atoms with Gasteiger partial charge in [0.25, 0.3) is 0 Å². The van der Waals surface area contributed by atoms with Crippen molar-refractivity contribution in [2.45, 2.75) is 5.16 Å². The summed E-state index contributed by atoms with van der Waals surface area (Å²) in [5.41, 5.74) is 0. The van der Waals surface area contributed by atoms with Crippen molar-refractivity contribution in [3.63, 3.8) is 0 Å². The normalized spacial score (nSPS) is 11.0. The Balaban J connectivity index is 1.91. The summed E-state index contributed by atoms with van der Waals surface area (Å²) in [5, 5.41) is 17.6. The van der Waals surface area contributed by atoms with Crippen LogP contribution in [0.25, 0.3) is 11.6 Å². The maximum Gasteiger partial charge on any atom is 0.200 e. The van der Waals surface area contributed by atoms with E-state index >= 15 is 0 Å². The van der Waals surface area contributed by atoms with Gasteiger partial charge >= 0.3 is 0 Å². The van der Waals surface area contributed by atoms with Crippen LogP contribution in [0.1, 0.15) is 0 Å². The van der Waals surface area contributed by atoms with Gasteiger partial charge in [0.1, 0.15) is 0 Å². The molecule has 0 saturated carbocycles. The van der Waals surface area contributed by atoms with Crippen LogP contribution in [0.5, 0.6) is 0 Å². The molecule has 0 fully saturated rings. The predicted octanol–water partition coefficient (Wildman–Crippen LogP) is 1.18. The highest BCUT2D eigenvalue weighted by Crippen LogP contribution is 2.22.